The maximum atomic E-state index is 11.2. The fraction of sp³-hybridized carbons (Fsp3) is 1.00. The van der Waals surface area contributed by atoms with Gasteiger partial charge in [0.2, 0.25) is 10.0 Å². The summed E-state index contributed by atoms with van der Waals surface area (Å²) in [5, 5.41) is 8.61. The molecule has 0 heterocycles. The molecule has 0 aromatic carbocycles. The van der Waals surface area contributed by atoms with Crippen LogP contribution in [0.3, 0.4) is 0 Å². The first-order chi connectivity index (χ1) is 6.02. The van der Waals surface area contributed by atoms with Crippen LogP contribution in [0, 0.1) is 0 Å². The van der Waals surface area contributed by atoms with Gasteiger partial charge in [-0.2, -0.15) is 0 Å². The minimum Gasteiger partial charge on any atom is -0.395 e. The third-order valence-electron chi connectivity index (χ3n) is 1.36. The number of rotatable bonds is 7. The Labute approximate surface area is 79.1 Å². The maximum Gasteiger partial charge on any atom is 0.214 e. The Morgan fingerprint density at radius 3 is 2.62 bits per heavy atom. The lowest BCUT2D eigenvalue weighted by Gasteiger charge is -2.10. The van der Waals surface area contributed by atoms with E-state index in [4.69, 9.17) is 9.84 Å². The molecular weight excluding hydrogens is 194 g/mol. The summed E-state index contributed by atoms with van der Waals surface area (Å²) in [5.41, 5.74) is 0. The van der Waals surface area contributed by atoms with Gasteiger partial charge in [-0.25, -0.2) is 13.1 Å². The van der Waals surface area contributed by atoms with Crippen molar-refractivity contribution in [2.75, 3.05) is 25.6 Å². The van der Waals surface area contributed by atoms with Crippen molar-refractivity contribution < 1.29 is 18.3 Å². The smallest absolute Gasteiger partial charge is 0.214 e. The molecule has 0 unspecified atom stereocenters. The Hall–Kier alpha value is -0.170. The van der Waals surface area contributed by atoms with Crippen LogP contribution in [0.1, 0.15) is 13.8 Å². The summed E-state index contributed by atoms with van der Waals surface area (Å²) in [6, 6.07) is -0.438. The minimum atomic E-state index is -3.30. The van der Waals surface area contributed by atoms with Gasteiger partial charge >= 0.3 is 0 Å². The number of aliphatic hydroxyl groups excluding tert-OH is 1. The van der Waals surface area contributed by atoms with Gasteiger partial charge in [0, 0.05) is 12.6 Å². The summed E-state index contributed by atoms with van der Waals surface area (Å²) in [6.07, 6.45) is 0. The molecule has 0 aliphatic rings. The van der Waals surface area contributed by atoms with Gasteiger partial charge in [-0.1, -0.05) is 0 Å². The van der Waals surface area contributed by atoms with Crippen molar-refractivity contribution in [2.45, 2.75) is 19.9 Å². The van der Waals surface area contributed by atoms with E-state index in [0.717, 1.165) is 0 Å². The highest BCUT2D eigenvalue weighted by atomic mass is 32.2. The van der Waals surface area contributed by atoms with Crippen LogP contribution < -0.4 is 4.72 Å². The Balaban J connectivity index is 3.81. The molecule has 0 amide bonds. The van der Waals surface area contributed by atoms with Crippen molar-refractivity contribution in [2.24, 2.45) is 0 Å². The third kappa shape index (κ3) is 6.94. The zero-order valence-electron chi connectivity index (χ0n) is 7.99. The number of sulfonamides is 1. The molecule has 0 saturated carbocycles. The van der Waals surface area contributed by atoms with Crippen LogP contribution in [0.2, 0.25) is 0 Å². The quantitative estimate of drug-likeness (QED) is 0.547. The van der Waals surface area contributed by atoms with Crippen LogP contribution in [0.25, 0.3) is 0 Å². The molecular formula is C7H17NO4S. The van der Waals surface area contributed by atoms with E-state index in [9.17, 15) is 8.42 Å². The molecule has 0 aliphatic carbocycles. The highest BCUT2D eigenvalue weighted by Gasteiger charge is 2.12. The van der Waals surface area contributed by atoms with Gasteiger partial charge in [0.1, 0.15) is 0 Å². The maximum absolute atomic E-state index is 11.2. The molecule has 0 bridgehead atoms. The largest absolute Gasteiger partial charge is 0.395 e. The summed E-state index contributed by atoms with van der Waals surface area (Å²) in [7, 11) is -3.30. The van der Waals surface area contributed by atoms with Gasteiger partial charge in [-0.3, -0.25) is 0 Å². The molecule has 0 saturated heterocycles. The second-order valence-electron chi connectivity index (χ2n) is 2.72. The van der Waals surface area contributed by atoms with Gasteiger partial charge in [0.05, 0.1) is 19.0 Å². The molecule has 5 nitrogen and oxygen atoms in total. The molecule has 1 atom stereocenters. The lowest BCUT2D eigenvalue weighted by molar-refractivity contribution is 0.163. The molecule has 0 aromatic heterocycles. The van der Waals surface area contributed by atoms with Crippen molar-refractivity contribution in [3.05, 3.63) is 0 Å². The van der Waals surface area contributed by atoms with Gasteiger partial charge < -0.3 is 9.84 Å². The van der Waals surface area contributed by atoms with E-state index < -0.39 is 16.1 Å². The molecule has 6 heteroatoms. The molecule has 0 aliphatic heterocycles. The average Bonchev–Trinajstić information content (AvgIpc) is 2.03. The fourth-order valence-electron chi connectivity index (χ4n) is 0.716. The lowest BCUT2D eigenvalue weighted by atomic mass is 10.4. The van der Waals surface area contributed by atoms with Crippen LogP contribution in [-0.2, 0) is 14.8 Å². The SMILES string of the molecule is CCOCCS(=O)(=O)N[C@H](C)CO. The summed E-state index contributed by atoms with van der Waals surface area (Å²) in [4.78, 5) is 0. The second-order valence-corrected chi connectivity index (χ2v) is 4.59. The first kappa shape index (κ1) is 12.8. The standard InChI is InChI=1S/C7H17NO4S/c1-3-12-4-5-13(10,11)8-7(2)6-9/h7-9H,3-6H2,1-2H3/t7-/m1/s1. The van der Waals surface area contributed by atoms with Gasteiger partial charge in [0.25, 0.3) is 0 Å². The molecule has 0 aromatic rings. The molecule has 0 radical (unpaired) electrons. The molecule has 2 N–H and O–H groups in total. The second kappa shape index (κ2) is 6.31. The Morgan fingerprint density at radius 1 is 1.54 bits per heavy atom. The number of aliphatic hydroxyl groups is 1. The number of hydrogen-bond acceptors (Lipinski definition) is 4. The number of nitrogens with one attached hydrogen (secondary N) is 1. The molecule has 0 spiro atoms. The zero-order valence-corrected chi connectivity index (χ0v) is 8.80. The van der Waals surface area contributed by atoms with Crippen LogP contribution in [0.4, 0.5) is 0 Å². The number of hydrogen-bond donors (Lipinski definition) is 2. The molecule has 0 rings (SSSR count). The van der Waals surface area contributed by atoms with Gasteiger partial charge in [-0.15, -0.1) is 0 Å². The molecule has 80 valence electrons. The normalized spacial score (nSPS) is 14.4. The average molecular weight is 211 g/mol. The van der Waals surface area contributed by atoms with Gasteiger partial charge in [-0.05, 0) is 13.8 Å². The van der Waals surface area contributed by atoms with Crippen LogP contribution in [0.15, 0.2) is 0 Å². The first-order valence-electron chi connectivity index (χ1n) is 4.20. The van der Waals surface area contributed by atoms with Crippen molar-refractivity contribution in [3.63, 3.8) is 0 Å². The summed E-state index contributed by atoms with van der Waals surface area (Å²) >= 11 is 0. The van der Waals surface area contributed by atoms with E-state index in [-0.39, 0.29) is 19.0 Å². The van der Waals surface area contributed by atoms with Crippen LogP contribution in [-0.4, -0.2) is 45.1 Å². The highest BCUT2D eigenvalue weighted by Crippen LogP contribution is 1.89. The predicted octanol–water partition coefficient (Wildman–Crippen LogP) is -0.677. The fourth-order valence-corrected chi connectivity index (χ4v) is 1.86. The highest BCUT2D eigenvalue weighted by molar-refractivity contribution is 7.89. The Kier molecular flexibility index (Phi) is 6.23. The van der Waals surface area contributed by atoms with Crippen LogP contribution in [0.5, 0.6) is 0 Å². The van der Waals surface area contributed by atoms with Crippen molar-refractivity contribution >= 4 is 10.0 Å². The van der Waals surface area contributed by atoms with Gasteiger partial charge in [0.15, 0.2) is 0 Å². The number of ether oxygens (including phenoxy) is 1. The topological polar surface area (TPSA) is 75.6 Å². The Morgan fingerprint density at radius 2 is 2.15 bits per heavy atom. The van der Waals surface area contributed by atoms with E-state index in [0.29, 0.717) is 6.61 Å². The van der Waals surface area contributed by atoms with Crippen molar-refractivity contribution in [3.8, 4) is 0 Å². The van der Waals surface area contributed by atoms with E-state index >= 15 is 0 Å². The first-order valence-corrected chi connectivity index (χ1v) is 5.85. The molecule has 0 fully saturated rings. The lowest BCUT2D eigenvalue weighted by Crippen LogP contribution is -2.37. The van der Waals surface area contributed by atoms with Crippen molar-refractivity contribution in [1.29, 1.82) is 0 Å². The third-order valence-corrected chi connectivity index (χ3v) is 2.82. The van der Waals surface area contributed by atoms with E-state index in [1.54, 1.807) is 13.8 Å². The van der Waals surface area contributed by atoms with E-state index in [2.05, 4.69) is 4.72 Å². The molecule has 13 heavy (non-hydrogen) atoms. The van der Waals surface area contributed by atoms with Crippen molar-refractivity contribution in [1.82, 2.24) is 4.72 Å². The summed E-state index contributed by atoms with van der Waals surface area (Å²) < 4.78 is 29.6. The van der Waals surface area contributed by atoms with Crippen LogP contribution >= 0.6 is 0 Å². The Bertz CT molecular complexity index is 215. The predicted molar refractivity (Wildman–Crippen MR) is 50.0 cm³/mol. The monoisotopic (exact) mass is 211 g/mol. The van der Waals surface area contributed by atoms with E-state index in [1.165, 1.54) is 0 Å². The zero-order chi connectivity index (χ0) is 10.3. The summed E-state index contributed by atoms with van der Waals surface area (Å²) in [5.74, 6) is -0.0643. The minimum absolute atomic E-state index is 0.0643. The summed E-state index contributed by atoms with van der Waals surface area (Å²) in [6.45, 7) is 3.89. The van der Waals surface area contributed by atoms with E-state index in [1.807, 2.05) is 0 Å².